The lowest BCUT2D eigenvalue weighted by atomic mass is 9.85. The molecule has 3 heterocycles. The van der Waals surface area contributed by atoms with Gasteiger partial charge >= 0.3 is 0 Å². The largest absolute Gasteiger partial charge is 0.338 e. The van der Waals surface area contributed by atoms with Gasteiger partial charge in [-0.2, -0.15) is 5.10 Å². The summed E-state index contributed by atoms with van der Waals surface area (Å²) in [6.45, 7) is 4.71. The van der Waals surface area contributed by atoms with Crippen LogP contribution in [0.15, 0.2) is 12.4 Å². The summed E-state index contributed by atoms with van der Waals surface area (Å²) in [5.41, 5.74) is 2.75. The Morgan fingerprint density at radius 3 is 2.59 bits per heavy atom. The number of nitrogens with one attached hydrogen (secondary N) is 1. The Morgan fingerprint density at radius 1 is 1.15 bits per heavy atom. The van der Waals surface area contributed by atoms with Gasteiger partial charge < -0.3 is 9.47 Å². The summed E-state index contributed by atoms with van der Waals surface area (Å²) in [7, 11) is 0. The van der Waals surface area contributed by atoms with Gasteiger partial charge in [0.05, 0.1) is 11.3 Å². The Kier molecular flexibility index (Phi) is 4.29. The molecular weight excluding hydrogens is 338 g/mol. The number of hydrogen-bond donors (Lipinski definition) is 1. The van der Waals surface area contributed by atoms with Crippen LogP contribution >= 0.6 is 0 Å². The minimum absolute atomic E-state index is 0.166. The lowest BCUT2D eigenvalue weighted by molar-refractivity contribution is 0.0708. The molecule has 1 amide bonds. The van der Waals surface area contributed by atoms with E-state index in [2.05, 4.69) is 25.9 Å². The summed E-state index contributed by atoms with van der Waals surface area (Å²) in [6.07, 6.45) is 12.5. The van der Waals surface area contributed by atoms with Gasteiger partial charge in [0.1, 0.15) is 5.82 Å². The van der Waals surface area contributed by atoms with Gasteiger partial charge in [-0.3, -0.25) is 9.89 Å². The van der Waals surface area contributed by atoms with E-state index in [-0.39, 0.29) is 5.91 Å². The van der Waals surface area contributed by atoms with Crippen LogP contribution in [0.5, 0.6) is 0 Å². The average Bonchev–Trinajstić information content (AvgIpc) is 3.26. The zero-order valence-electron chi connectivity index (χ0n) is 16.2. The predicted octanol–water partition coefficient (Wildman–Crippen LogP) is 3.61. The van der Waals surface area contributed by atoms with Crippen molar-refractivity contribution < 1.29 is 4.79 Å². The van der Waals surface area contributed by atoms with Crippen LogP contribution in [0, 0.1) is 12.8 Å². The molecule has 6 heteroatoms. The quantitative estimate of drug-likeness (QED) is 0.878. The van der Waals surface area contributed by atoms with Crippen LogP contribution in [-0.4, -0.2) is 43.6 Å². The molecule has 2 aliphatic carbocycles. The van der Waals surface area contributed by atoms with Gasteiger partial charge in [-0.25, -0.2) is 4.98 Å². The van der Waals surface area contributed by atoms with Crippen molar-refractivity contribution in [2.24, 2.45) is 5.92 Å². The van der Waals surface area contributed by atoms with Gasteiger partial charge in [0.2, 0.25) is 0 Å². The summed E-state index contributed by atoms with van der Waals surface area (Å²) in [5, 5.41) is 7.45. The van der Waals surface area contributed by atoms with Crippen molar-refractivity contribution in [2.75, 3.05) is 13.1 Å². The van der Waals surface area contributed by atoms with Gasteiger partial charge in [0, 0.05) is 49.6 Å². The summed E-state index contributed by atoms with van der Waals surface area (Å²) in [6, 6.07) is 0. The number of nitrogens with zero attached hydrogens (tertiary/aromatic N) is 4. The fourth-order valence-corrected chi connectivity index (χ4v) is 4.66. The van der Waals surface area contributed by atoms with Gasteiger partial charge in [-0.15, -0.1) is 0 Å². The molecule has 0 bridgehead atoms. The number of imidazole rings is 1. The molecule has 3 fully saturated rings. The summed E-state index contributed by atoms with van der Waals surface area (Å²) >= 11 is 0. The standard InChI is InChI=1S/C21H29N5O/c1-14-18(19(24-23-14)16-5-6-16)21(27)25-10-7-17(8-11-25)20-22-9-12-26(20)13-15-3-2-4-15/h9,12,15-17H,2-8,10-11,13H2,1H3,(H,23,24). The highest BCUT2D eigenvalue weighted by atomic mass is 16.2. The molecule has 5 rings (SSSR count). The molecule has 0 spiro atoms. The molecule has 2 aromatic heterocycles. The first-order chi connectivity index (χ1) is 13.2. The summed E-state index contributed by atoms with van der Waals surface area (Å²) in [4.78, 5) is 19.8. The number of likely N-dealkylation sites (tertiary alicyclic amines) is 1. The Bertz CT molecular complexity index is 821. The van der Waals surface area contributed by atoms with Crippen molar-refractivity contribution in [1.82, 2.24) is 24.6 Å². The number of carbonyl (C=O) groups excluding carboxylic acids is 1. The van der Waals surface area contributed by atoms with Gasteiger partial charge in [-0.05, 0) is 51.4 Å². The zero-order valence-corrected chi connectivity index (χ0v) is 16.2. The maximum atomic E-state index is 13.1. The monoisotopic (exact) mass is 367 g/mol. The highest BCUT2D eigenvalue weighted by Gasteiger charge is 2.35. The molecule has 144 valence electrons. The van der Waals surface area contributed by atoms with Crippen molar-refractivity contribution >= 4 is 5.91 Å². The third-order valence-electron chi connectivity index (χ3n) is 6.73. The van der Waals surface area contributed by atoms with Crippen LogP contribution in [0.1, 0.15) is 84.4 Å². The fraction of sp³-hybridized carbons (Fsp3) is 0.667. The van der Waals surface area contributed by atoms with E-state index >= 15 is 0 Å². The summed E-state index contributed by atoms with van der Waals surface area (Å²) in [5.74, 6) is 3.19. The summed E-state index contributed by atoms with van der Waals surface area (Å²) < 4.78 is 2.37. The lowest BCUT2D eigenvalue weighted by Crippen LogP contribution is -2.39. The maximum Gasteiger partial charge on any atom is 0.257 e. The second-order valence-corrected chi connectivity index (χ2v) is 8.68. The van der Waals surface area contributed by atoms with Crippen LogP contribution in [0.4, 0.5) is 0 Å². The van der Waals surface area contributed by atoms with Crippen LogP contribution in [-0.2, 0) is 6.54 Å². The molecule has 1 N–H and O–H groups in total. The third kappa shape index (κ3) is 3.19. The van der Waals surface area contributed by atoms with E-state index in [0.29, 0.717) is 11.8 Å². The Labute approximate surface area is 160 Å². The van der Waals surface area contributed by atoms with E-state index in [9.17, 15) is 4.79 Å². The molecule has 1 saturated heterocycles. The third-order valence-corrected chi connectivity index (χ3v) is 6.73. The highest BCUT2D eigenvalue weighted by molar-refractivity contribution is 5.96. The SMILES string of the molecule is Cc1[nH]nc(C2CC2)c1C(=O)N1CCC(c2nccn2CC2CCC2)CC1. The van der Waals surface area contributed by atoms with Gasteiger partial charge in [0.25, 0.3) is 5.91 Å². The number of aromatic amines is 1. The number of hydrogen-bond acceptors (Lipinski definition) is 3. The fourth-order valence-electron chi connectivity index (χ4n) is 4.66. The zero-order chi connectivity index (χ0) is 18.4. The molecule has 0 atom stereocenters. The molecule has 0 aromatic carbocycles. The van der Waals surface area contributed by atoms with E-state index in [1.807, 2.05) is 18.0 Å². The molecule has 3 aliphatic rings. The van der Waals surface area contributed by atoms with E-state index < -0.39 is 0 Å². The number of amides is 1. The van der Waals surface area contributed by atoms with Crippen molar-refractivity contribution in [1.29, 1.82) is 0 Å². The van der Waals surface area contributed by atoms with Crippen molar-refractivity contribution in [2.45, 2.75) is 70.3 Å². The Balaban J connectivity index is 1.25. The average molecular weight is 367 g/mol. The lowest BCUT2D eigenvalue weighted by Gasteiger charge is -2.33. The first kappa shape index (κ1) is 17.0. The van der Waals surface area contributed by atoms with Crippen LogP contribution in [0.2, 0.25) is 0 Å². The van der Waals surface area contributed by atoms with Crippen LogP contribution in [0.25, 0.3) is 0 Å². The van der Waals surface area contributed by atoms with E-state index in [4.69, 9.17) is 0 Å². The highest BCUT2D eigenvalue weighted by Crippen LogP contribution is 2.41. The normalized spacial score (nSPS) is 21.4. The number of rotatable bonds is 5. The number of aryl methyl sites for hydroxylation is 1. The first-order valence-corrected chi connectivity index (χ1v) is 10.6. The van der Waals surface area contributed by atoms with Crippen molar-refractivity contribution in [3.63, 3.8) is 0 Å². The molecule has 27 heavy (non-hydrogen) atoms. The number of aromatic nitrogens is 4. The molecule has 0 radical (unpaired) electrons. The second-order valence-electron chi connectivity index (χ2n) is 8.68. The Hall–Kier alpha value is -2.11. The maximum absolute atomic E-state index is 13.1. The minimum Gasteiger partial charge on any atom is -0.338 e. The second kappa shape index (κ2) is 6.80. The van der Waals surface area contributed by atoms with E-state index in [0.717, 1.165) is 68.2 Å². The van der Waals surface area contributed by atoms with E-state index in [1.54, 1.807) is 0 Å². The number of H-pyrrole nitrogens is 1. The number of carbonyl (C=O) groups is 1. The first-order valence-electron chi connectivity index (χ1n) is 10.6. The molecule has 2 saturated carbocycles. The van der Waals surface area contributed by atoms with Crippen LogP contribution in [0.3, 0.4) is 0 Å². The molecule has 1 aliphatic heterocycles. The topological polar surface area (TPSA) is 66.8 Å². The van der Waals surface area contributed by atoms with Crippen molar-refractivity contribution in [3.05, 3.63) is 35.2 Å². The molecule has 2 aromatic rings. The molecule has 0 unspecified atom stereocenters. The van der Waals surface area contributed by atoms with Crippen LogP contribution < -0.4 is 0 Å². The Morgan fingerprint density at radius 2 is 1.93 bits per heavy atom. The number of piperidine rings is 1. The minimum atomic E-state index is 0.166. The molecule has 6 nitrogen and oxygen atoms in total. The van der Waals surface area contributed by atoms with Gasteiger partial charge in [-0.1, -0.05) is 6.42 Å². The van der Waals surface area contributed by atoms with Gasteiger partial charge in [0.15, 0.2) is 0 Å². The molecular formula is C21H29N5O. The smallest absolute Gasteiger partial charge is 0.257 e. The predicted molar refractivity (Wildman–Crippen MR) is 103 cm³/mol. The van der Waals surface area contributed by atoms with E-state index in [1.165, 1.54) is 25.1 Å². The van der Waals surface area contributed by atoms with Crippen molar-refractivity contribution in [3.8, 4) is 0 Å².